The molecule has 140 valence electrons. The second-order valence-electron chi connectivity index (χ2n) is 6.55. The van der Waals surface area contributed by atoms with E-state index in [4.69, 9.17) is 10.4 Å². The molecule has 0 aromatic carbocycles. The van der Waals surface area contributed by atoms with Crippen LogP contribution in [0.4, 0.5) is 0 Å². The maximum atomic E-state index is 12.9. The van der Waals surface area contributed by atoms with Gasteiger partial charge in [0, 0.05) is 25.3 Å². The zero-order chi connectivity index (χ0) is 19.6. The first kappa shape index (κ1) is 18.3. The highest BCUT2D eigenvalue weighted by Gasteiger charge is 2.27. The van der Waals surface area contributed by atoms with E-state index in [0.29, 0.717) is 30.9 Å². The van der Waals surface area contributed by atoms with Gasteiger partial charge in [0.2, 0.25) is 0 Å². The lowest BCUT2D eigenvalue weighted by Gasteiger charge is -2.33. The highest BCUT2D eigenvalue weighted by Crippen LogP contribution is 2.21. The number of pyridine rings is 1. The van der Waals surface area contributed by atoms with Crippen LogP contribution in [0.2, 0.25) is 0 Å². The Labute approximate surface area is 154 Å². The molecule has 0 saturated carbocycles. The number of rotatable bonds is 4. The van der Waals surface area contributed by atoms with Gasteiger partial charge >= 0.3 is 5.97 Å². The number of likely N-dealkylation sites (tertiary alicyclic amines) is 1. The molecule has 10 nitrogen and oxygen atoms in total. The van der Waals surface area contributed by atoms with Gasteiger partial charge in [-0.15, -0.1) is 5.10 Å². The number of H-pyrrole nitrogens is 1. The SMILES string of the molecule is Cc1[nH]c(=O)c(C#N)cc1C(=O)N1CCC[C@H](Cn2cc(C(=O)O)nn2)C1. The third-order valence-corrected chi connectivity index (χ3v) is 4.60. The van der Waals surface area contributed by atoms with Crippen molar-refractivity contribution in [3.05, 3.63) is 45.1 Å². The molecular weight excluding hydrogens is 352 g/mol. The maximum Gasteiger partial charge on any atom is 0.358 e. The molecule has 0 aliphatic carbocycles. The average molecular weight is 370 g/mol. The van der Waals surface area contributed by atoms with Crippen molar-refractivity contribution in [3.63, 3.8) is 0 Å². The number of hydrogen-bond acceptors (Lipinski definition) is 6. The summed E-state index contributed by atoms with van der Waals surface area (Å²) in [4.78, 5) is 39.7. The maximum absolute atomic E-state index is 12.9. The van der Waals surface area contributed by atoms with Crippen LogP contribution in [-0.2, 0) is 6.54 Å². The second kappa shape index (κ2) is 7.41. The van der Waals surface area contributed by atoms with Crippen LogP contribution in [0, 0.1) is 24.2 Å². The summed E-state index contributed by atoms with van der Waals surface area (Å²) in [7, 11) is 0. The fourth-order valence-electron chi connectivity index (χ4n) is 3.25. The van der Waals surface area contributed by atoms with Gasteiger partial charge in [0.15, 0.2) is 5.69 Å². The number of aromatic nitrogens is 4. The number of carboxylic acid groups (broad SMARTS) is 1. The molecule has 3 rings (SSSR count). The van der Waals surface area contributed by atoms with Crippen molar-refractivity contribution in [2.45, 2.75) is 26.3 Å². The molecule has 1 fully saturated rings. The molecular formula is C17H18N6O4. The van der Waals surface area contributed by atoms with Crippen molar-refractivity contribution in [3.8, 4) is 6.07 Å². The molecule has 27 heavy (non-hydrogen) atoms. The van der Waals surface area contributed by atoms with Gasteiger partial charge in [-0.25, -0.2) is 4.79 Å². The van der Waals surface area contributed by atoms with Crippen molar-refractivity contribution < 1.29 is 14.7 Å². The molecule has 0 bridgehead atoms. The summed E-state index contributed by atoms with van der Waals surface area (Å²) in [6.45, 7) is 3.13. The van der Waals surface area contributed by atoms with E-state index in [2.05, 4.69) is 15.3 Å². The van der Waals surface area contributed by atoms with E-state index >= 15 is 0 Å². The van der Waals surface area contributed by atoms with Gasteiger partial charge in [-0.1, -0.05) is 5.21 Å². The van der Waals surface area contributed by atoms with E-state index in [0.717, 1.165) is 12.8 Å². The van der Waals surface area contributed by atoms with Crippen LogP contribution in [0.3, 0.4) is 0 Å². The van der Waals surface area contributed by atoms with Gasteiger partial charge in [0.05, 0.1) is 11.8 Å². The lowest BCUT2D eigenvalue weighted by molar-refractivity contribution is 0.0657. The van der Waals surface area contributed by atoms with E-state index < -0.39 is 11.5 Å². The fourth-order valence-corrected chi connectivity index (χ4v) is 3.25. The molecule has 1 saturated heterocycles. The first-order valence-corrected chi connectivity index (χ1v) is 8.45. The third-order valence-electron chi connectivity index (χ3n) is 4.60. The number of nitrogens with zero attached hydrogens (tertiary/aromatic N) is 5. The standard InChI is InChI=1S/C17H18N6O4/c1-10-13(5-12(6-18)15(24)19-10)16(25)22-4-2-3-11(7-22)8-23-9-14(17(26)27)20-21-23/h5,9,11H,2-4,7-8H2,1H3,(H,19,24)(H,26,27)/t11-/m0/s1. The van der Waals surface area contributed by atoms with E-state index in [1.54, 1.807) is 17.9 Å². The van der Waals surface area contributed by atoms with Crippen molar-refractivity contribution >= 4 is 11.9 Å². The van der Waals surface area contributed by atoms with Gasteiger partial charge < -0.3 is 15.0 Å². The van der Waals surface area contributed by atoms with Crippen molar-refractivity contribution in [1.82, 2.24) is 24.9 Å². The molecule has 2 aromatic rings. The van der Waals surface area contributed by atoms with Gasteiger partial charge in [-0.3, -0.25) is 14.3 Å². The molecule has 2 N–H and O–H groups in total. The molecule has 2 aromatic heterocycles. The number of aromatic amines is 1. The van der Waals surface area contributed by atoms with Crippen LogP contribution >= 0.6 is 0 Å². The number of hydrogen-bond donors (Lipinski definition) is 2. The van der Waals surface area contributed by atoms with Gasteiger partial charge in [-0.2, -0.15) is 5.26 Å². The number of carbonyl (C=O) groups is 2. The Hall–Kier alpha value is -3.48. The minimum atomic E-state index is -1.14. The topological polar surface area (TPSA) is 145 Å². The van der Waals surface area contributed by atoms with Crippen molar-refractivity contribution in [2.24, 2.45) is 5.92 Å². The first-order chi connectivity index (χ1) is 12.9. The number of amides is 1. The number of aromatic carboxylic acids is 1. The Balaban J connectivity index is 1.74. The van der Waals surface area contributed by atoms with Gasteiger partial charge in [0.25, 0.3) is 11.5 Å². The Morgan fingerprint density at radius 2 is 2.26 bits per heavy atom. The highest BCUT2D eigenvalue weighted by molar-refractivity contribution is 5.95. The molecule has 10 heteroatoms. The van der Waals surface area contributed by atoms with E-state index in [1.165, 1.54) is 16.9 Å². The average Bonchev–Trinajstić information content (AvgIpc) is 3.10. The Morgan fingerprint density at radius 3 is 2.93 bits per heavy atom. The highest BCUT2D eigenvalue weighted by atomic mass is 16.4. The fraction of sp³-hybridized carbons (Fsp3) is 0.412. The summed E-state index contributed by atoms with van der Waals surface area (Å²) in [6.07, 6.45) is 3.04. The smallest absolute Gasteiger partial charge is 0.358 e. The van der Waals surface area contributed by atoms with Crippen molar-refractivity contribution in [2.75, 3.05) is 13.1 Å². The Bertz CT molecular complexity index is 986. The number of nitrogens with one attached hydrogen (secondary N) is 1. The third kappa shape index (κ3) is 3.87. The van der Waals surface area contributed by atoms with E-state index in [9.17, 15) is 14.4 Å². The summed E-state index contributed by atoms with van der Waals surface area (Å²) in [5.41, 5.74) is 0.00525. The summed E-state index contributed by atoms with van der Waals surface area (Å²) >= 11 is 0. The minimum absolute atomic E-state index is 0.0960. The van der Waals surface area contributed by atoms with Crippen LogP contribution in [0.15, 0.2) is 17.1 Å². The monoisotopic (exact) mass is 370 g/mol. The molecule has 3 heterocycles. The van der Waals surface area contributed by atoms with Crippen molar-refractivity contribution in [1.29, 1.82) is 5.26 Å². The lowest BCUT2D eigenvalue weighted by atomic mass is 9.97. The van der Waals surface area contributed by atoms with Gasteiger partial charge in [-0.05, 0) is 31.7 Å². The Kier molecular flexibility index (Phi) is 5.03. The van der Waals surface area contributed by atoms with Crippen LogP contribution < -0.4 is 5.56 Å². The largest absolute Gasteiger partial charge is 0.476 e. The normalized spacial score (nSPS) is 16.7. The lowest BCUT2D eigenvalue weighted by Crippen LogP contribution is -2.41. The number of nitriles is 1. The van der Waals surface area contributed by atoms with E-state index in [-0.39, 0.29) is 23.1 Å². The van der Waals surface area contributed by atoms with Crippen LogP contribution in [-0.4, -0.2) is 55.0 Å². The zero-order valence-electron chi connectivity index (χ0n) is 14.7. The Morgan fingerprint density at radius 1 is 1.48 bits per heavy atom. The quantitative estimate of drug-likeness (QED) is 0.792. The predicted octanol–water partition coefficient (Wildman–Crippen LogP) is 0.397. The molecule has 1 amide bonds. The zero-order valence-corrected chi connectivity index (χ0v) is 14.7. The summed E-state index contributed by atoms with van der Waals surface area (Å²) in [6, 6.07) is 3.12. The predicted molar refractivity (Wildman–Crippen MR) is 92.1 cm³/mol. The van der Waals surface area contributed by atoms with Crippen LogP contribution in [0.25, 0.3) is 0 Å². The van der Waals surface area contributed by atoms with E-state index in [1.807, 2.05) is 0 Å². The second-order valence-corrected chi connectivity index (χ2v) is 6.55. The summed E-state index contributed by atoms with van der Waals surface area (Å²) < 4.78 is 1.47. The molecule has 1 aliphatic rings. The number of aryl methyl sites for hydroxylation is 1. The van der Waals surface area contributed by atoms with Crippen LogP contribution in [0.5, 0.6) is 0 Å². The molecule has 0 spiro atoms. The first-order valence-electron chi connectivity index (χ1n) is 8.45. The van der Waals surface area contributed by atoms with Gasteiger partial charge in [0.1, 0.15) is 11.6 Å². The summed E-state index contributed by atoms with van der Waals surface area (Å²) in [5.74, 6) is -1.28. The number of piperidine rings is 1. The molecule has 1 atom stereocenters. The molecule has 0 radical (unpaired) electrons. The molecule has 1 aliphatic heterocycles. The minimum Gasteiger partial charge on any atom is -0.476 e. The van der Waals surface area contributed by atoms with Crippen LogP contribution in [0.1, 0.15) is 44.9 Å². The summed E-state index contributed by atoms with van der Waals surface area (Å²) in [5, 5.41) is 25.3. The molecule has 0 unspecified atom stereocenters. The number of carboxylic acids is 1. The number of carbonyl (C=O) groups excluding carboxylic acids is 1.